The van der Waals surface area contributed by atoms with Crippen LogP contribution in [-0.4, -0.2) is 86.9 Å². The Bertz CT molecular complexity index is 664. The summed E-state index contributed by atoms with van der Waals surface area (Å²) in [6, 6.07) is 0. The lowest BCUT2D eigenvalue weighted by Crippen LogP contribution is -2.54. The molecule has 11 nitrogen and oxygen atoms in total. The minimum absolute atomic E-state index is 0.196. The van der Waals surface area contributed by atoms with Crippen LogP contribution in [0.2, 0.25) is 0 Å². The Labute approximate surface area is 186 Å². The van der Waals surface area contributed by atoms with Crippen molar-refractivity contribution in [1.29, 1.82) is 0 Å². The van der Waals surface area contributed by atoms with E-state index in [1.807, 2.05) is 13.8 Å². The molecule has 0 saturated carbocycles. The first kappa shape index (κ1) is 26.0. The molecule has 0 radical (unpaired) electrons. The molecule has 0 spiro atoms. The maximum atomic E-state index is 12.8. The van der Waals surface area contributed by atoms with E-state index in [4.69, 9.17) is 33.5 Å². The fraction of sp³-hybridized carbons (Fsp3) is 0.810. The second kappa shape index (κ2) is 12.7. The molecule has 182 valence electrons. The van der Waals surface area contributed by atoms with E-state index in [2.05, 4.69) is 0 Å². The lowest BCUT2D eigenvalue weighted by atomic mass is 9.76. The molecule has 2 rings (SSSR count). The molecule has 2 saturated heterocycles. The number of fused-ring (bicyclic) bond motifs is 2. The van der Waals surface area contributed by atoms with Gasteiger partial charge in [0.25, 0.3) is 0 Å². The summed E-state index contributed by atoms with van der Waals surface area (Å²) < 4.78 is 32.1. The lowest BCUT2D eigenvalue weighted by molar-refractivity contribution is -0.176. The van der Waals surface area contributed by atoms with Crippen LogP contribution in [0.15, 0.2) is 0 Å². The average Bonchev–Trinajstić information content (AvgIpc) is 3.29. The number of esters is 3. The van der Waals surface area contributed by atoms with E-state index in [0.29, 0.717) is 12.8 Å². The zero-order valence-corrected chi connectivity index (χ0v) is 18.7. The number of rotatable bonds is 14. The molecule has 0 aromatic carbocycles. The molecule has 32 heavy (non-hydrogen) atoms. The van der Waals surface area contributed by atoms with Gasteiger partial charge in [0.2, 0.25) is 0 Å². The number of unbranched alkanes of at least 4 members (excludes halogenated alkanes) is 2. The van der Waals surface area contributed by atoms with Gasteiger partial charge in [0.1, 0.15) is 43.4 Å². The van der Waals surface area contributed by atoms with E-state index in [-0.39, 0.29) is 13.2 Å². The van der Waals surface area contributed by atoms with E-state index in [1.54, 1.807) is 0 Å². The molecule has 2 heterocycles. The van der Waals surface area contributed by atoms with E-state index in [9.17, 15) is 19.2 Å². The predicted molar refractivity (Wildman–Crippen MR) is 107 cm³/mol. The van der Waals surface area contributed by atoms with Gasteiger partial charge in [-0.3, -0.25) is 9.59 Å². The summed E-state index contributed by atoms with van der Waals surface area (Å²) in [5, 5.41) is 8.61. The molecule has 11 heteroatoms. The third kappa shape index (κ3) is 6.39. The fourth-order valence-electron chi connectivity index (χ4n) is 3.89. The molecular formula is C21H32O11. The van der Waals surface area contributed by atoms with E-state index in [1.165, 1.54) is 7.11 Å². The highest BCUT2D eigenvalue weighted by atomic mass is 16.6. The van der Waals surface area contributed by atoms with Crippen LogP contribution >= 0.6 is 0 Å². The van der Waals surface area contributed by atoms with Gasteiger partial charge in [-0.1, -0.05) is 26.7 Å². The van der Waals surface area contributed by atoms with Crippen LogP contribution in [0.5, 0.6) is 0 Å². The topological polar surface area (TPSA) is 144 Å². The molecule has 4 unspecified atom stereocenters. The summed E-state index contributed by atoms with van der Waals surface area (Å²) in [5.41, 5.74) is 0. The molecule has 6 atom stereocenters. The lowest BCUT2D eigenvalue weighted by Gasteiger charge is -2.34. The van der Waals surface area contributed by atoms with E-state index < -0.39 is 73.3 Å². The van der Waals surface area contributed by atoms with E-state index >= 15 is 0 Å². The Balaban J connectivity index is 2.15. The van der Waals surface area contributed by atoms with Gasteiger partial charge in [0.05, 0.1) is 13.2 Å². The van der Waals surface area contributed by atoms with Gasteiger partial charge in [-0.05, 0) is 12.8 Å². The SMILES string of the molecule is CCCCOC(=O)C1C2O[C@@H](C1C(=O)OCCCC)[C@@H](OC)C2OC(=O)COCC(=O)O. The summed E-state index contributed by atoms with van der Waals surface area (Å²) in [4.78, 5) is 48.3. The van der Waals surface area contributed by atoms with Crippen molar-refractivity contribution in [2.45, 2.75) is 63.9 Å². The van der Waals surface area contributed by atoms with Gasteiger partial charge in [0.15, 0.2) is 6.10 Å². The van der Waals surface area contributed by atoms with E-state index in [0.717, 1.165) is 12.8 Å². The zero-order valence-electron chi connectivity index (χ0n) is 18.7. The van der Waals surface area contributed by atoms with Gasteiger partial charge in [-0.25, -0.2) is 9.59 Å². The first-order valence-corrected chi connectivity index (χ1v) is 10.9. The highest BCUT2D eigenvalue weighted by molar-refractivity contribution is 5.85. The van der Waals surface area contributed by atoms with Crippen LogP contribution in [0.25, 0.3) is 0 Å². The van der Waals surface area contributed by atoms with Crippen molar-refractivity contribution in [2.24, 2.45) is 11.8 Å². The van der Waals surface area contributed by atoms with Crippen LogP contribution < -0.4 is 0 Å². The monoisotopic (exact) mass is 460 g/mol. The molecule has 0 aromatic rings. The van der Waals surface area contributed by atoms with Crippen molar-refractivity contribution in [3.63, 3.8) is 0 Å². The van der Waals surface area contributed by atoms with Gasteiger partial charge in [-0.2, -0.15) is 0 Å². The minimum Gasteiger partial charge on any atom is -0.480 e. The summed E-state index contributed by atoms with van der Waals surface area (Å²) in [6.45, 7) is 3.08. The third-order valence-electron chi connectivity index (χ3n) is 5.39. The van der Waals surface area contributed by atoms with Crippen LogP contribution in [0.3, 0.4) is 0 Å². The van der Waals surface area contributed by atoms with Crippen molar-refractivity contribution >= 4 is 23.9 Å². The average molecular weight is 460 g/mol. The van der Waals surface area contributed by atoms with Crippen LogP contribution in [0.1, 0.15) is 39.5 Å². The van der Waals surface area contributed by atoms with Gasteiger partial charge in [0, 0.05) is 7.11 Å². The first-order chi connectivity index (χ1) is 15.3. The third-order valence-corrected chi connectivity index (χ3v) is 5.39. The number of ether oxygens (including phenoxy) is 6. The number of carbonyl (C=O) groups is 4. The Hall–Kier alpha value is -2.24. The Kier molecular flexibility index (Phi) is 10.3. The Morgan fingerprint density at radius 2 is 1.38 bits per heavy atom. The predicted octanol–water partition coefficient (Wildman–Crippen LogP) is 0.714. The Morgan fingerprint density at radius 1 is 0.844 bits per heavy atom. The van der Waals surface area contributed by atoms with Crippen molar-refractivity contribution in [2.75, 3.05) is 33.5 Å². The highest BCUT2D eigenvalue weighted by Crippen LogP contribution is 2.47. The molecular weight excluding hydrogens is 428 g/mol. The number of carboxylic acids is 1. The molecule has 0 aromatic heterocycles. The van der Waals surface area contributed by atoms with Crippen LogP contribution in [0, 0.1) is 11.8 Å². The molecule has 0 aliphatic carbocycles. The second-order valence-electron chi connectivity index (χ2n) is 7.70. The molecule has 2 aliphatic rings. The molecule has 0 amide bonds. The number of hydrogen-bond acceptors (Lipinski definition) is 10. The molecule has 2 bridgehead atoms. The smallest absolute Gasteiger partial charge is 0.332 e. The fourth-order valence-corrected chi connectivity index (χ4v) is 3.89. The normalized spacial score (nSPS) is 28.3. The highest BCUT2D eigenvalue weighted by Gasteiger charge is 2.67. The maximum Gasteiger partial charge on any atom is 0.332 e. The maximum absolute atomic E-state index is 12.8. The summed E-state index contributed by atoms with van der Waals surface area (Å²) in [5.74, 6) is -5.24. The first-order valence-electron chi connectivity index (χ1n) is 10.9. The largest absolute Gasteiger partial charge is 0.480 e. The number of hydrogen-bond donors (Lipinski definition) is 1. The Morgan fingerprint density at radius 3 is 1.84 bits per heavy atom. The molecule has 2 fully saturated rings. The quantitative estimate of drug-likeness (QED) is 0.222. The van der Waals surface area contributed by atoms with Gasteiger partial charge >= 0.3 is 23.9 Å². The van der Waals surface area contributed by atoms with Gasteiger partial charge < -0.3 is 33.5 Å². The number of carbonyl (C=O) groups excluding carboxylic acids is 3. The second-order valence-corrected chi connectivity index (χ2v) is 7.70. The van der Waals surface area contributed by atoms with Crippen molar-refractivity contribution < 1.29 is 52.7 Å². The standard InChI is InChI=1S/C21H32O11/c1-4-6-8-29-20(25)14-15(21(26)30-9-7-5-2)17-19(18(27-3)16(14)32-17)31-13(24)11-28-10-12(22)23/h14-19H,4-11H2,1-3H3,(H,22,23)/t14?,15?,16-,17?,18+,19?/m0/s1. The number of aliphatic carboxylic acids is 1. The summed E-state index contributed by atoms with van der Waals surface area (Å²) in [6.07, 6.45) is -0.618. The van der Waals surface area contributed by atoms with Crippen LogP contribution in [0.4, 0.5) is 0 Å². The zero-order chi connectivity index (χ0) is 23.7. The van der Waals surface area contributed by atoms with Crippen LogP contribution in [-0.2, 0) is 47.6 Å². The number of methoxy groups -OCH3 is 1. The molecule has 2 aliphatic heterocycles. The van der Waals surface area contributed by atoms with Crippen molar-refractivity contribution in [3.8, 4) is 0 Å². The number of carboxylic acid groups (broad SMARTS) is 1. The molecule has 1 N–H and O–H groups in total. The summed E-state index contributed by atoms with van der Waals surface area (Å²) >= 11 is 0. The minimum atomic E-state index is -1.23. The summed E-state index contributed by atoms with van der Waals surface area (Å²) in [7, 11) is 1.38. The van der Waals surface area contributed by atoms with Gasteiger partial charge in [-0.15, -0.1) is 0 Å². The van der Waals surface area contributed by atoms with Crippen molar-refractivity contribution in [1.82, 2.24) is 0 Å². The van der Waals surface area contributed by atoms with Crippen molar-refractivity contribution in [3.05, 3.63) is 0 Å².